The van der Waals surface area contributed by atoms with Crippen molar-refractivity contribution < 1.29 is 14.3 Å². The van der Waals surface area contributed by atoms with Gasteiger partial charge in [-0.05, 0) is 43.4 Å². The summed E-state index contributed by atoms with van der Waals surface area (Å²) in [6.07, 6.45) is 2.16. The largest absolute Gasteiger partial charge is 0.480 e. The SMILES string of the molecule is Cc1ccc2c(CNC3(C(=O)O)CCC3)cc(=O)oc2c1. The van der Waals surface area contributed by atoms with Crippen LogP contribution in [0.2, 0.25) is 0 Å². The molecule has 1 aliphatic rings. The van der Waals surface area contributed by atoms with Gasteiger partial charge in [-0.3, -0.25) is 10.1 Å². The molecule has 0 aliphatic heterocycles. The van der Waals surface area contributed by atoms with E-state index in [1.165, 1.54) is 6.07 Å². The summed E-state index contributed by atoms with van der Waals surface area (Å²) in [5.41, 5.74) is 1.07. The van der Waals surface area contributed by atoms with Gasteiger partial charge < -0.3 is 9.52 Å². The van der Waals surface area contributed by atoms with Crippen LogP contribution in [-0.2, 0) is 11.3 Å². The van der Waals surface area contributed by atoms with Gasteiger partial charge in [0.25, 0.3) is 0 Å². The summed E-state index contributed by atoms with van der Waals surface area (Å²) in [5, 5.41) is 13.3. The molecule has 3 rings (SSSR count). The van der Waals surface area contributed by atoms with E-state index in [-0.39, 0.29) is 0 Å². The van der Waals surface area contributed by atoms with Crippen LogP contribution in [0.5, 0.6) is 0 Å². The molecule has 2 aromatic rings. The van der Waals surface area contributed by atoms with Gasteiger partial charge in [0.15, 0.2) is 0 Å². The Balaban J connectivity index is 1.93. The number of carboxylic acid groups (broad SMARTS) is 1. The molecule has 0 bridgehead atoms. The third kappa shape index (κ3) is 2.45. The average Bonchev–Trinajstić information content (AvgIpc) is 2.35. The highest BCUT2D eigenvalue weighted by Gasteiger charge is 2.43. The van der Waals surface area contributed by atoms with E-state index in [0.29, 0.717) is 25.0 Å². The maximum absolute atomic E-state index is 11.6. The van der Waals surface area contributed by atoms with E-state index in [9.17, 15) is 14.7 Å². The highest BCUT2D eigenvalue weighted by molar-refractivity contribution is 5.82. The molecule has 5 nitrogen and oxygen atoms in total. The number of hydrogen-bond donors (Lipinski definition) is 2. The second kappa shape index (κ2) is 5.00. The Bertz CT molecular complexity index is 758. The van der Waals surface area contributed by atoms with Gasteiger partial charge >= 0.3 is 11.6 Å². The lowest BCUT2D eigenvalue weighted by atomic mass is 9.76. The van der Waals surface area contributed by atoms with Crippen molar-refractivity contribution >= 4 is 16.9 Å². The molecule has 0 amide bonds. The quantitative estimate of drug-likeness (QED) is 0.843. The second-order valence-corrected chi connectivity index (χ2v) is 5.68. The maximum Gasteiger partial charge on any atom is 0.336 e. The Morgan fingerprint density at radius 2 is 2.14 bits per heavy atom. The number of rotatable bonds is 4. The summed E-state index contributed by atoms with van der Waals surface area (Å²) < 4.78 is 5.20. The Kier molecular flexibility index (Phi) is 3.29. The summed E-state index contributed by atoms with van der Waals surface area (Å²) in [5.74, 6) is -0.822. The number of aryl methyl sites for hydroxylation is 1. The summed E-state index contributed by atoms with van der Waals surface area (Å²) in [7, 11) is 0. The van der Waals surface area contributed by atoms with Crippen LogP contribution in [0.1, 0.15) is 30.4 Å². The van der Waals surface area contributed by atoms with Gasteiger partial charge in [0, 0.05) is 18.0 Å². The molecule has 1 aliphatic carbocycles. The first-order chi connectivity index (χ1) is 10.00. The zero-order chi connectivity index (χ0) is 15.0. The third-order valence-corrected chi connectivity index (χ3v) is 4.22. The monoisotopic (exact) mass is 287 g/mol. The van der Waals surface area contributed by atoms with Crippen LogP contribution in [0.4, 0.5) is 0 Å². The van der Waals surface area contributed by atoms with Crippen molar-refractivity contribution in [2.24, 2.45) is 0 Å². The Labute approximate surface area is 121 Å². The van der Waals surface area contributed by atoms with Crippen LogP contribution in [0.25, 0.3) is 11.0 Å². The molecule has 1 aromatic heterocycles. The molecule has 110 valence electrons. The number of benzene rings is 1. The van der Waals surface area contributed by atoms with Crippen molar-refractivity contribution in [2.45, 2.75) is 38.3 Å². The van der Waals surface area contributed by atoms with Crippen molar-refractivity contribution in [1.82, 2.24) is 5.32 Å². The number of nitrogens with one attached hydrogen (secondary N) is 1. The third-order valence-electron chi connectivity index (χ3n) is 4.22. The van der Waals surface area contributed by atoms with Crippen LogP contribution in [0.3, 0.4) is 0 Å². The number of hydrogen-bond acceptors (Lipinski definition) is 4. The molecule has 5 heteroatoms. The van der Waals surface area contributed by atoms with E-state index < -0.39 is 17.1 Å². The minimum absolute atomic E-state index is 0.345. The molecule has 1 saturated carbocycles. The van der Waals surface area contributed by atoms with Crippen LogP contribution < -0.4 is 10.9 Å². The summed E-state index contributed by atoms with van der Waals surface area (Å²) in [6.45, 7) is 2.27. The molecule has 0 atom stereocenters. The molecule has 1 heterocycles. The van der Waals surface area contributed by atoms with Crippen molar-refractivity contribution in [3.05, 3.63) is 45.8 Å². The highest BCUT2D eigenvalue weighted by atomic mass is 16.4. The lowest BCUT2D eigenvalue weighted by molar-refractivity contribution is -0.148. The number of carboxylic acids is 1. The van der Waals surface area contributed by atoms with Gasteiger partial charge in [-0.1, -0.05) is 12.1 Å². The Morgan fingerprint density at radius 1 is 1.38 bits per heavy atom. The molecule has 0 spiro atoms. The van der Waals surface area contributed by atoms with Crippen molar-refractivity contribution in [3.63, 3.8) is 0 Å². The lowest BCUT2D eigenvalue weighted by Gasteiger charge is -2.38. The zero-order valence-electron chi connectivity index (χ0n) is 11.8. The molecular formula is C16H17NO4. The topological polar surface area (TPSA) is 79.5 Å². The molecule has 0 unspecified atom stereocenters. The van der Waals surface area contributed by atoms with Crippen molar-refractivity contribution in [2.75, 3.05) is 0 Å². The maximum atomic E-state index is 11.6. The van der Waals surface area contributed by atoms with Crippen LogP contribution in [0.15, 0.2) is 33.5 Å². The number of fused-ring (bicyclic) bond motifs is 1. The summed E-state index contributed by atoms with van der Waals surface area (Å²) in [6, 6.07) is 7.09. The van der Waals surface area contributed by atoms with E-state index >= 15 is 0 Å². The van der Waals surface area contributed by atoms with Gasteiger partial charge in [-0.15, -0.1) is 0 Å². The first-order valence-electron chi connectivity index (χ1n) is 7.02. The molecule has 2 N–H and O–H groups in total. The zero-order valence-corrected chi connectivity index (χ0v) is 11.8. The van der Waals surface area contributed by atoms with E-state index in [0.717, 1.165) is 22.9 Å². The first kappa shape index (κ1) is 13.8. The fraction of sp³-hybridized carbons (Fsp3) is 0.375. The Morgan fingerprint density at radius 3 is 2.76 bits per heavy atom. The van der Waals surface area contributed by atoms with E-state index in [4.69, 9.17) is 4.42 Å². The predicted octanol–water partition coefficient (Wildman–Crippen LogP) is 2.20. The Hall–Kier alpha value is -2.14. The molecular weight excluding hydrogens is 270 g/mol. The fourth-order valence-electron chi connectivity index (χ4n) is 2.74. The molecule has 1 aromatic carbocycles. The van der Waals surface area contributed by atoms with Crippen molar-refractivity contribution in [1.29, 1.82) is 0 Å². The van der Waals surface area contributed by atoms with Gasteiger partial charge in [-0.25, -0.2) is 4.79 Å². The minimum Gasteiger partial charge on any atom is -0.480 e. The number of aliphatic carboxylic acids is 1. The summed E-state index contributed by atoms with van der Waals surface area (Å²) >= 11 is 0. The van der Waals surface area contributed by atoms with Gasteiger partial charge in [0.05, 0.1) is 0 Å². The summed E-state index contributed by atoms with van der Waals surface area (Å²) in [4.78, 5) is 23.0. The van der Waals surface area contributed by atoms with Crippen LogP contribution in [0, 0.1) is 6.92 Å². The van der Waals surface area contributed by atoms with Crippen molar-refractivity contribution in [3.8, 4) is 0 Å². The van der Waals surface area contributed by atoms with E-state index in [1.54, 1.807) is 0 Å². The predicted molar refractivity (Wildman–Crippen MR) is 78.3 cm³/mol. The normalized spacial score (nSPS) is 16.6. The van der Waals surface area contributed by atoms with Gasteiger partial charge in [-0.2, -0.15) is 0 Å². The molecule has 1 fully saturated rings. The van der Waals surface area contributed by atoms with E-state index in [1.807, 2.05) is 25.1 Å². The minimum atomic E-state index is -0.840. The smallest absolute Gasteiger partial charge is 0.336 e. The molecule has 0 saturated heterocycles. The highest BCUT2D eigenvalue weighted by Crippen LogP contribution is 2.32. The average molecular weight is 287 g/mol. The second-order valence-electron chi connectivity index (χ2n) is 5.68. The van der Waals surface area contributed by atoms with Gasteiger partial charge in [0.2, 0.25) is 0 Å². The van der Waals surface area contributed by atoms with E-state index in [2.05, 4.69) is 5.32 Å². The lowest BCUT2D eigenvalue weighted by Crippen LogP contribution is -2.56. The molecule has 0 radical (unpaired) electrons. The van der Waals surface area contributed by atoms with Crippen LogP contribution in [-0.4, -0.2) is 16.6 Å². The number of carbonyl (C=O) groups is 1. The molecule has 21 heavy (non-hydrogen) atoms. The van der Waals surface area contributed by atoms with Crippen LogP contribution >= 0.6 is 0 Å². The fourth-order valence-corrected chi connectivity index (χ4v) is 2.74. The first-order valence-corrected chi connectivity index (χ1v) is 7.02. The van der Waals surface area contributed by atoms with Gasteiger partial charge in [0.1, 0.15) is 11.1 Å². The standard InChI is InChI=1S/C16H17NO4/c1-10-3-4-12-11(8-14(18)21-13(12)7-10)9-17-16(15(19)20)5-2-6-16/h3-4,7-8,17H,2,5-6,9H2,1H3,(H,19,20).